The molecule has 0 atom stereocenters. The van der Waals surface area contributed by atoms with Crippen LogP contribution in [-0.4, -0.2) is 0 Å². The maximum atomic E-state index is 9.38. The third kappa shape index (κ3) is 1.28. The van der Waals surface area contributed by atoms with Gasteiger partial charge in [-0.05, 0) is 63.2 Å². The van der Waals surface area contributed by atoms with Crippen LogP contribution < -0.4 is 0 Å². The van der Waals surface area contributed by atoms with Gasteiger partial charge in [-0.25, -0.2) is 0 Å². The summed E-state index contributed by atoms with van der Waals surface area (Å²) in [5.74, 6) is 3.72. The molecule has 2 nitrogen and oxygen atoms in total. The minimum absolute atomic E-state index is 0.216. The highest BCUT2D eigenvalue weighted by Crippen LogP contribution is 2.61. The molecule has 0 amide bonds. The number of furan rings is 1. The molecule has 4 fully saturated rings. The molecule has 4 aliphatic rings. The molecule has 18 heavy (non-hydrogen) atoms. The van der Waals surface area contributed by atoms with Gasteiger partial charge in [0.1, 0.15) is 11.8 Å². The normalized spacial score (nSPS) is 41.0. The van der Waals surface area contributed by atoms with Crippen LogP contribution in [0, 0.1) is 36.0 Å². The summed E-state index contributed by atoms with van der Waals surface area (Å²) in [5.41, 5.74) is 2.06. The van der Waals surface area contributed by atoms with E-state index < -0.39 is 0 Å². The van der Waals surface area contributed by atoms with Gasteiger partial charge in [0.2, 0.25) is 0 Å². The lowest BCUT2D eigenvalue weighted by Gasteiger charge is -2.56. The lowest BCUT2D eigenvalue weighted by atomic mass is 9.49. The van der Waals surface area contributed by atoms with E-state index in [4.69, 9.17) is 4.42 Å². The van der Waals surface area contributed by atoms with E-state index in [1.54, 1.807) is 6.26 Å². The van der Waals surface area contributed by atoms with E-state index >= 15 is 0 Å². The topological polar surface area (TPSA) is 36.9 Å². The van der Waals surface area contributed by atoms with Crippen molar-refractivity contribution in [2.75, 3.05) is 0 Å². The van der Waals surface area contributed by atoms with Crippen molar-refractivity contribution in [3.8, 4) is 6.07 Å². The summed E-state index contributed by atoms with van der Waals surface area (Å²) in [6.45, 7) is 1.99. The Bertz CT molecular complexity index is 498. The third-order valence-corrected chi connectivity index (χ3v) is 5.61. The Morgan fingerprint density at radius 2 is 1.72 bits per heavy atom. The molecule has 1 heterocycles. The van der Waals surface area contributed by atoms with E-state index in [-0.39, 0.29) is 5.41 Å². The number of hydrogen-bond donors (Lipinski definition) is 0. The van der Waals surface area contributed by atoms with E-state index in [1.807, 2.05) is 6.92 Å². The van der Waals surface area contributed by atoms with E-state index in [2.05, 4.69) is 6.07 Å². The second-order valence-corrected chi connectivity index (χ2v) is 6.93. The smallest absolute Gasteiger partial charge is 0.127 e. The van der Waals surface area contributed by atoms with Gasteiger partial charge in [-0.3, -0.25) is 0 Å². The fraction of sp³-hybridized carbons (Fsp3) is 0.688. The van der Waals surface area contributed by atoms with Crippen molar-refractivity contribution >= 4 is 0 Å². The van der Waals surface area contributed by atoms with Gasteiger partial charge >= 0.3 is 0 Å². The summed E-state index contributed by atoms with van der Waals surface area (Å²) in [6.07, 6.45) is 9.87. The van der Waals surface area contributed by atoms with Crippen LogP contribution in [0.4, 0.5) is 0 Å². The maximum Gasteiger partial charge on any atom is 0.127 e. The van der Waals surface area contributed by atoms with Gasteiger partial charge in [-0.15, -0.1) is 0 Å². The predicted molar refractivity (Wildman–Crippen MR) is 68.0 cm³/mol. The van der Waals surface area contributed by atoms with Gasteiger partial charge in [-0.1, -0.05) is 0 Å². The first-order chi connectivity index (χ1) is 8.70. The van der Waals surface area contributed by atoms with Gasteiger partial charge < -0.3 is 4.42 Å². The van der Waals surface area contributed by atoms with Crippen LogP contribution in [-0.2, 0) is 5.41 Å². The van der Waals surface area contributed by atoms with Crippen molar-refractivity contribution in [3.63, 3.8) is 0 Å². The third-order valence-electron chi connectivity index (χ3n) is 5.61. The summed E-state index contributed by atoms with van der Waals surface area (Å²) in [7, 11) is 0. The molecule has 0 aromatic carbocycles. The summed E-state index contributed by atoms with van der Waals surface area (Å²) < 4.78 is 5.85. The zero-order chi connectivity index (χ0) is 12.3. The fourth-order valence-corrected chi connectivity index (χ4v) is 5.36. The van der Waals surface area contributed by atoms with E-state index in [0.717, 1.165) is 34.6 Å². The Kier molecular flexibility index (Phi) is 2.02. The first kappa shape index (κ1) is 10.7. The van der Waals surface area contributed by atoms with Gasteiger partial charge in [0.25, 0.3) is 0 Å². The van der Waals surface area contributed by atoms with Gasteiger partial charge in [0, 0.05) is 11.0 Å². The molecule has 4 aliphatic carbocycles. The fourth-order valence-electron chi connectivity index (χ4n) is 5.36. The zero-order valence-corrected chi connectivity index (χ0v) is 10.9. The second kappa shape index (κ2) is 3.41. The molecule has 5 rings (SSSR count). The molecule has 0 unspecified atom stereocenters. The molecule has 94 valence electrons. The Balaban J connectivity index is 1.82. The second-order valence-electron chi connectivity index (χ2n) is 6.93. The summed E-state index contributed by atoms with van der Waals surface area (Å²) >= 11 is 0. The number of nitrogens with zero attached hydrogens (tertiary/aromatic N) is 1. The first-order valence-electron chi connectivity index (χ1n) is 7.19. The van der Waals surface area contributed by atoms with Gasteiger partial charge in [-0.2, -0.15) is 5.26 Å². The van der Waals surface area contributed by atoms with Crippen molar-refractivity contribution < 1.29 is 4.42 Å². The van der Waals surface area contributed by atoms with Crippen LogP contribution in [0.2, 0.25) is 0 Å². The van der Waals surface area contributed by atoms with Crippen LogP contribution in [0.15, 0.2) is 10.7 Å². The summed E-state index contributed by atoms with van der Waals surface area (Å²) in [6, 6.07) is 2.38. The van der Waals surface area contributed by atoms with Crippen LogP contribution in [0.3, 0.4) is 0 Å². The molecule has 0 aliphatic heterocycles. The number of hydrogen-bond acceptors (Lipinski definition) is 2. The Morgan fingerprint density at radius 3 is 2.22 bits per heavy atom. The number of rotatable bonds is 1. The monoisotopic (exact) mass is 241 g/mol. The lowest BCUT2D eigenvalue weighted by Crippen LogP contribution is -2.48. The summed E-state index contributed by atoms with van der Waals surface area (Å²) in [4.78, 5) is 0. The SMILES string of the molecule is Cc1coc(C23CC4CC(CC(C4)C2)C3)c1C#N. The first-order valence-corrected chi connectivity index (χ1v) is 7.19. The molecule has 0 spiro atoms. The molecular formula is C16H19NO. The molecule has 0 N–H and O–H groups in total. The number of aryl methyl sites for hydroxylation is 1. The molecule has 1 aromatic rings. The van der Waals surface area contributed by atoms with Crippen LogP contribution in [0.1, 0.15) is 55.4 Å². The zero-order valence-electron chi connectivity index (χ0n) is 10.9. The Labute approximate surface area is 108 Å². The van der Waals surface area contributed by atoms with Crippen molar-refractivity contribution in [1.82, 2.24) is 0 Å². The highest BCUT2D eigenvalue weighted by Gasteiger charge is 2.54. The minimum Gasteiger partial charge on any atom is -0.467 e. The van der Waals surface area contributed by atoms with Crippen LogP contribution >= 0.6 is 0 Å². The molecule has 1 aromatic heterocycles. The largest absolute Gasteiger partial charge is 0.467 e. The molecule has 0 radical (unpaired) electrons. The van der Waals surface area contributed by atoms with Crippen molar-refractivity contribution in [1.29, 1.82) is 5.26 Å². The number of nitriles is 1. The average Bonchev–Trinajstić information content (AvgIpc) is 2.69. The average molecular weight is 241 g/mol. The molecular weight excluding hydrogens is 222 g/mol. The van der Waals surface area contributed by atoms with Crippen LogP contribution in [0.5, 0.6) is 0 Å². The van der Waals surface area contributed by atoms with Gasteiger partial charge in [0.15, 0.2) is 0 Å². The molecule has 4 bridgehead atoms. The standard InChI is InChI=1S/C16H19NO/c1-10-9-18-15(14(10)8-17)16-5-11-2-12(6-16)4-13(3-11)7-16/h9,11-13H,2-7H2,1H3. The maximum absolute atomic E-state index is 9.38. The van der Waals surface area contributed by atoms with Crippen molar-refractivity contribution in [2.45, 2.75) is 50.9 Å². The van der Waals surface area contributed by atoms with Gasteiger partial charge in [0.05, 0.1) is 11.8 Å². The lowest BCUT2D eigenvalue weighted by molar-refractivity contribution is -0.0153. The van der Waals surface area contributed by atoms with E-state index in [0.29, 0.717) is 0 Å². The highest BCUT2D eigenvalue weighted by molar-refractivity contribution is 5.43. The summed E-state index contributed by atoms with van der Waals surface area (Å²) in [5, 5.41) is 9.38. The minimum atomic E-state index is 0.216. The predicted octanol–water partition coefficient (Wildman–Crippen LogP) is 3.93. The Hall–Kier alpha value is -1.23. The quantitative estimate of drug-likeness (QED) is 0.747. The van der Waals surface area contributed by atoms with E-state index in [1.165, 1.54) is 38.5 Å². The van der Waals surface area contributed by atoms with Crippen molar-refractivity contribution in [2.24, 2.45) is 17.8 Å². The Morgan fingerprint density at radius 1 is 1.17 bits per heavy atom. The van der Waals surface area contributed by atoms with Crippen molar-refractivity contribution in [3.05, 3.63) is 23.2 Å². The van der Waals surface area contributed by atoms with E-state index in [9.17, 15) is 5.26 Å². The highest BCUT2D eigenvalue weighted by atomic mass is 16.3. The molecule has 0 saturated heterocycles. The van der Waals surface area contributed by atoms with Crippen LogP contribution in [0.25, 0.3) is 0 Å². The molecule has 4 saturated carbocycles. The molecule has 2 heteroatoms.